The monoisotopic (exact) mass is 421 g/mol. The number of hydrogen-bond donors (Lipinski definition) is 1. The minimum Gasteiger partial charge on any atom is -0.478 e. The Kier molecular flexibility index (Phi) is 6.85. The second kappa shape index (κ2) is 8.70. The molecular formula is C16H14ClF2NO4S2. The van der Waals surface area contributed by atoms with Crippen LogP contribution in [0.25, 0.3) is 0 Å². The quantitative estimate of drug-likeness (QED) is 0.662. The lowest BCUT2D eigenvalue weighted by atomic mass is 10.3. The van der Waals surface area contributed by atoms with Crippen LogP contribution < -0.4 is 10.5 Å². The molecule has 0 aliphatic heterocycles. The van der Waals surface area contributed by atoms with E-state index >= 15 is 0 Å². The highest BCUT2D eigenvalue weighted by molar-refractivity contribution is 8.00. The Morgan fingerprint density at radius 3 is 2.27 bits per heavy atom. The number of hydrogen-bond acceptors (Lipinski definition) is 5. The Hall–Kier alpha value is -1.84. The van der Waals surface area contributed by atoms with Crippen molar-refractivity contribution < 1.29 is 26.7 Å². The SMILES string of the molecule is NC(=O)COc1c(F)cc(SCCS(=O)(=O)c2ccc(Cl)cc2)cc1F. The predicted octanol–water partition coefficient (Wildman–Crippen LogP) is 3.05. The number of rotatable bonds is 8. The van der Waals surface area contributed by atoms with Gasteiger partial charge in [0.1, 0.15) is 0 Å². The summed E-state index contributed by atoms with van der Waals surface area (Å²) >= 11 is 6.70. The minimum absolute atomic E-state index is 0.0886. The van der Waals surface area contributed by atoms with Gasteiger partial charge in [0, 0.05) is 15.7 Å². The highest BCUT2D eigenvalue weighted by atomic mass is 35.5. The van der Waals surface area contributed by atoms with E-state index < -0.39 is 39.7 Å². The Morgan fingerprint density at radius 2 is 1.73 bits per heavy atom. The molecule has 0 spiro atoms. The summed E-state index contributed by atoms with van der Waals surface area (Å²) in [6, 6.07) is 7.73. The van der Waals surface area contributed by atoms with Crippen LogP contribution in [0.5, 0.6) is 5.75 Å². The van der Waals surface area contributed by atoms with Crippen LogP contribution >= 0.6 is 23.4 Å². The number of amides is 1. The summed E-state index contributed by atoms with van der Waals surface area (Å²) in [5, 5.41) is 0.419. The van der Waals surface area contributed by atoms with Gasteiger partial charge in [-0.15, -0.1) is 11.8 Å². The summed E-state index contributed by atoms with van der Waals surface area (Å²) in [4.78, 5) is 10.9. The molecule has 2 aromatic rings. The van der Waals surface area contributed by atoms with Gasteiger partial charge in [0.15, 0.2) is 33.8 Å². The van der Waals surface area contributed by atoms with Crippen LogP contribution in [0.4, 0.5) is 8.78 Å². The van der Waals surface area contributed by atoms with E-state index in [4.69, 9.17) is 17.3 Å². The maximum atomic E-state index is 13.9. The summed E-state index contributed by atoms with van der Waals surface area (Å²) in [6.45, 7) is -0.653. The molecule has 2 N–H and O–H groups in total. The third-order valence-electron chi connectivity index (χ3n) is 3.12. The number of sulfone groups is 1. The summed E-state index contributed by atoms with van der Waals surface area (Å²) in [7, 11) is -3.54. The van der Waals surface area contributed by atoms with Crippen molar-refractivity contribution in [1.29, 1.82) is 0 Å². The molecule has 2 rings (SSSR count). The topological polar surface area (TPSA) is 86.5 Å². The van der Waals surface area contributed by atoms with Crippen LogP contribution in [0.2, 0.25) is 5.02 Å². The summed E-state index contributed by atoms with van der Waals surface area (Å²) in [5.41, 5.74) is 4.86. The fourth-order valence-corrected chi connectivity index (χ4v) is 4.66. The molecule has 1 amide bonds. The van der Waals surface area contributed by atoms with Crippen molar-refractivity contribution in [2.45, 2.75) is 9.79 Å². The van der Waals surface area contributed by atoms with E-state index in [0.29, 0.717) is 5.02 Å². The highest BCUT2D eigenvalue weighted by Crippen LogP contribution is 2.29. The lowest BCUT2D eigenvalue weighted by Gasteiger charge is -2.09. The van der Waals surface area contributed by atoms with Crippen molar-refractivity contribution in [3.8, 4) is 5.75 Å². The van der Waals surface area contributed by atoms with E-state index in [0.717, 1.165) is 23.9 Å². The van der Waals surface area contributed by atoms with Gasteiger partial charge in [-0.3, -0.25) is 4.79 Å². The Morgan fingerprint density at radius 1 is 1.15 bits per heavy atom. The smallest absolute Gasteiger partial charge is 0.255 e. The van der Waals surface area contributed by atoms with Crippen molar-refractivity contribution in [1.82, 2.24) is 0 Å². The molecule has 0 unspecified atom stereocenters. The van der Waals surface area contributed by atoms with Crippen LogP contribution in [0.3, 0.4) is 0 Å². The van der Waals surface area contributed by atoms with Gasteiger partial charge < -0.3 is 10.5 Å². The average Bonchev–Trinajstić information content (AvgIpc) is 2.54. The molecule has 5 nitrogen and oxygen atoms in total. The molecule has 0 saturated carbocycles. The van der Waals surface area contributed by atoms with Gasteiger partial charge in [-0.1, -0.05) is 11.6 Å². The van der Waals surface area contributed by atoms with E-state index in [9.17, 15) is 22.0 Å². The van der Waals surface area contributed by atoms with Crippen molar-refractivity contribution in [3.05, 3.63) is 53.1 Å². The van der Waals surface area contributed by atoms with Gasteiger partial charge >= 0.3 is 0 Å². The number of ether oxygens (including phenoxy) is 1. The van der Waals surface area contributed by atoms with E-state index in [2.05, 4.69) is 4.74 Å². The fraction of sp³-hybridized carbons (Fsp3) is 0.188. The van der Waals surface area contributed by atoms with Gasteiger partial charge in [-0.25, -0.2) is 17.2 Å². The zero-order chi connectivity index (χ0) is 19.3. The summed E-state index contributed by atoms with van der Waals surface area (Å²) in [5.74, 6) is -3.71. The van der Waals surface area contributed by atoms with Gasteiger partial charge in [-0.05, 0) is 36.4 Å². The number of primary amides is 1. The zero-order valence-electron chi connectivity index (χ0n) is 13.2. The first-order valence-corrected chi connectivity index (χ1v) is 10.2. The first-order valence-electron chi connectivity index (χ1n) is 7.20. The second-order valence-electron chi connectivity index (χ2n) is 5.09. The van der Waals surface area contributed by atoms with Crippen molar-refractivity contribution in [3.63, 3.8) is 0 Å². The van der Waals surface area contributed by atoms with Crippen LogP contribution in [0.1, 0.15) is 0 Å². The Balaban J connectivity index is 2.01. The third kappa shape index (κ3) is 5.58. The first-order chi connectivity index (χ1) is 12.2. The van der Waals surface area contributed by atoms with Gasteiger partial charge in [0.2, 0.25) is 0 Å². The molecule has 0 aromatic heterocycles. The number of benzene rings is 2. The summed E-state index contributed by atoms with van der Waals surface area (Å²) in [6.07, 6.45) is 0. The van der Waals surface area contributed by atoms with Gasteiger partial charge in [-0.2, -0.15) is 0 Å². The number of carbonyl (C=O) groups excluding carboxylic acids is 1. The fourth-order valence-electron chi connectivity index (χ4n) is 1.93. The normalized spacial score (nSPS) is 11.3. The highest BCUT2D eigenvalue weighted by Gasteiger charge is 2.17. The molecule has 26 heavy (non-hydrogen) atoms. The number of nitrogens with two attached hydrogens (primary N) is 1. The lowest BCUT2D eigenvalue weighted by Crippen LogP contribution is -2.20. The molecule has 0 saturated heterocycles. The van der Waals surface area contributed by atoms with Crippen molar-refractivity contribution in [2.75, 3.05) is 18.1 Å². The standard InChI is InChI=1S/C16H14ClF2NO4S2/c17-10-1-3-12(4-2-10)26(22,23)6-5-25-11-7-13(18)16(14(19)8-11)24-9-15(20)21/h1-4,7-8H,5-6,9H2,(H2,20,21). The Labute approximate surface area is 158 Å². The average molecular weight is 422 g/mol. The second-order valence-corrected chi connectivity index (χ2v) is 8.81. The van der Waals surface area contributed by atoms with Crippen molar-refractivity contribution in [2.24, 2.45) is 5.73 Å². The van der Waals surface area contributed by atoms with Crippen molar-refractivity contribution >= 4 is 39.1 Å². The third-order valence-corrected chi connectivity index (χ3v) is 6.34. The molecule has 0 fully saturated rings. The maximum absolute atomic E-state index is 13.9. The number of thioether (sulfide) groups is 1. The van der Waals surface area contributed by atoms with Gasteiger partial charge in [0.25, 0.3) is 5.91 Å². The van der Waals surface area contributed by atoms with E-state index in [1.54, 1.807) is 0 Å². The lowest BCUT2D eigenvalue weighted by molar-refractivity contribution is -0.120. The Bertz CT molecular complexity index is 882. The van der Waals surface area contributed by atoms with E-state index in [1.165, 1.54) is 24.3 Å². The molecule has 0 radical (unpaired) electrons. The minimum atomic E-state index is -3.54. The molecule has 0 aliphatic carbocycles. The van der Waals surface area contributed by atoms with Crippen LogP contribution in [0, 0.1) is 11.6 Å². The van der Waals surface area contributed by atoms with E-state index in [1.807, 2.05) is 0 Å². The molecule has 0 atom stereocenters. The molecule has 0 heterocycles. The molecule has 140 valence electrons. The number of carbonyl (C=O) groups is 1. The summed E-state index contributed by atoms with van der Waals surface area (Å²) < 4.78 is 56.8. The zero-order valence-corrected chi connectivity index (χ0v) is 15.6. The first kappa shape index (κ1) is 20.5. The number of halogens is 3. The maximum Gasteiger partial charge on any atom is 0.255 e. The molecular weight excluding hydrogens is 408 g/mol. The molecule has 10 heteroatoms. The molecule has 0 aliphatic rings. The van der Waals surface area contributed by atoms with E-state index in [-0.39, 0.29) is 21.3 Å². The largest absolute Gasteiger partial charge is 0.478 e. The van der Waals surface area contributed by atoms with Crippen LogP contribution in [0.15, 0.2) is 46.2 Å². The van der Waals surface area contributed by atoms with Crippen LogP contribution in [-0.2, 0) is 14.6 Å². The van der Waals surface area contributed by atoms with Gasteiger partial charge in [0.05, 0.1) is 10.6 Å². The molecule has 0 bridgehead atoms. The molecule has 2 aromatic carbocycles. The van der Waals surface area contributed by atoms with Crippen LogP contribution in [-0.4, -0.2) is 32.4 Å². The predicted molar refractivity (Wildman–Crippen MR) is 95.3 cm³/mol.